The van der Waals surface area contributed by atoms with Gasteiger partial charge < -0.3 is 19.7 Å². The number of hydrogen-bond acceptors (Lipinski definition) is 6. The normalized spacial score (nSPS) is 17.2. The summed E-state index contributed by atoms with van der Waals surface area (Å²) in [7, 11) is -3.96. The number of carbonyl (C=O) groups is 1. The van der Waals surface area contributed by atoms with Crippen LogP contribution in [0.25, 0.3) is 0 Å². The van der Waals surface area contributed by atoms with Gasteiger partial charge in [0.05, 0.1) is 18.1 Å². The lowest BCUT2D eigenvalue weighted by molar-refractivity contribution is -0.118. The minimum atomic E-state index is -3.96. The van der Waals surface area contributed by atoms with E-state index in [9.17, 15) is 13.2 Å². The van der Waals surface area contributed by atoms with Crippen molar-refractivity contribution in [3.63, 3.8) is 0 Å². The Bertz CT molecular complexity index is 1100. The SMILES string of the molecule is CC(C)C(NS(=O)(=O)c1ccc2c(c1)OCCCO2)C(=O)Nc1ccc(N2CCCCC2)cc1. The van der Waals surface area contributed by atoms with Gasteiger partial charge >= 0.3 is 0 Å². The van der Waals surface area contributed by atoms with Crippen LogP contribution in [0.5, 0.6) is 11.5 Å². The molecule has 2 aliphatic rings. The van der Waals surface area contributed by atoms with Gasteiger partial charge in [-0.1, -0.05) is 13.8 Å². The Hall–Kier alpha value is -2.78. The van der Waals surface area contributed by atoms with Crippen LogP contribution in [0.4, 0.5) is 11.4 Å². The zero-order chi connectivity index (χ0) is 24.1. The van der Waals surface area contributed by atoms with Gasteiger partial charge in [0.25, 0.3) is 0 Å². The van der Waals surface area contributed by atoms with Crippen molar-refractivity contribution in [2.45, 2.75) is 50.5 Å². The van der Waals surface area contributed by atoms with Crippen molar-refractivity contribution >= 4 is 27.3 Å². The van der Waals surface area contributed by atoms with Crippen LogP contribution in [-0.2, 0) is 14.8 Å². The minimum Gasteiger partial charge on any atom is -0.490 e. The molecule has 4 rings (SSSR count). The van der Waals surface area contributed by atoms with Crippen molar-refractivity contribution in [3.05, 3.63) is 42.5 Å². The van der Waals surface area contributed by atoms with E-state index in [2.05, 4.69) is 14.9 Å². The first-order valence-electron chi connectivity index (χ1n) is 11.9. The second-order valence-corrected chi connectivity index (χ2v) is 10.8. The number of nitrogens with one attached hydrogen (secondary N) is 2. The molecule has 2 aromatic carbocycles. The van der Waals surface area contributed by atoms with Crippen LogP contribution in [0.2, 0.25) is 0 Å². The van der Waals surface area contributed by atoms with Gasteiger partial charge in [-0.3, -0.25) is 4.79 Å². The highest BCUT2D eigenvalue weighted by Crippen LogP contribution is 2.32. The molecular weight excluding hydrogens is 454 g/mol. The Morgan fingerprint density at radius 2 is 1.59 bits per heavy atom. The number of fused-ring (bicyclic) bond motifs is 1. The predicted octanol–water partition coefficient (Wildman–Crippen LogP) is 3.78. The number of sulfonamides is 1. The number of carbonyl (C=O) groups excluding carboxylic acids is 1. The molecule has 1 fully saturated rings. The molecule has 0 radical (unpaired) electrons. The zero-order valence-corrected chi connectivity index (χ0v) is 20.6. The molecule has 34 heavy (non-hydrogen) atoms. The molecular formula is C25H33N3O5S. The van der Waals surface area contributed by atoms with Crippen molar-refractivity contribution in [2.75, 3.05) is 36.5 Å². The summed E-state index contributed by atoms with van der Waals surface area (Å²) in [6, 6.07) is 11.3. The first-order chi connectivity index (χ1) is 16.3. The molecule has 1 unspecified atom stereocenters. The largest absolute Gasteiger partial charge is 0.490 e. The third-order valence-corrected chi connectivity index (χ3v) is 7.56. The van der Waals surface area contributed by atoms with Crippen molar-refractivity contribution < 1.29 is 22.7 Å². The number of anilines is 2. The van der Waals surface area contributed by atoms with Crippen LogP contribution in [0.1, 0.15) is 39.5 Å². The Morgan fingerprint density at radius 3 is 2.26 bits per heavy atom. The van der Waals surface area contributed by atoms with Gasteiger partial charge in [-0.2, -0.15) is 4.72 Å². The monoisotopic (exact) mass is 487 g/mol. The van der Waals surface area contributed by atoms with E-state index in [1.807, 2.05) is 24.3 Å². The number of piperidine rings is 1. The topological polar surface area (TPSA) is 97.0 Å². The lowest BCUT2D eigenvalue weighted by Crippen LogP contribution is -2.47. The van der Waals surface area contributed by atoms with Crippen LogP contribution in [0.3, 0.4) is 0 Å². The van der Waals surface area contributed by atoms with E-state index in [4.69, 9.17) is 9.47 Å². The van der Waals surface area contributed by atoms with E-state index >= 15 is 0 Å². The summed E-state index contributed by atoms with van der Waals surface area (Å²) in [5.41, 5.74) is 1.76. The first kappa shape index (κ1) is 24.3. The molecule has 0 bridgehead atoms. The Kier molecular flexibility index (Phi) is 7.63. The van der Waals surface area contributed by atoms with Crippen molar-refractivity contribution in [3.8, 4) is 11.5 Å². The molecule has 184 valence electrons. The van der Waals surface area contributed by atoms with E-state index in [0.29, 0.717) is 30.4 Å². The maximum atomic E-state index is 13.1. The highest BCUT2D eigenvalue weighted by Gasteiger charge is 2.29. The zero-order valence-electron chi connectivity index (χ0n) is 19.7. The van der Waals surface area contributed by atoms with Gasteiger partial charge in [0.2, 0.25) is 15.9 Å². The minimum absolute atomic E-state index is 0.0288. The molecule has 9 heteroatoms. The predicted molar refractivity (Wildman–Crippen MR) is 132 cm³/mol. The number of ether oxygens (including phenoxy) is 2. The summed E-state index contributed by atoms with van der Waals surface area (Å²) in [6.07, 6.45) is 4.38. The standard InChI is InChI=1S/C25H33N3O5S/c1-18(2)24(25(29)26-19-7-9-20(10-8-19)28-13-4-3-5-14-28)27-34(30,31)21-11-12-22-23(17-21)33-16-6-15-32-22/h7-12,17-18,24,27H,3-6,13-16H2,1-2H3,(H,26,29). The first-order valence-corrected chi connectivity index (χ1v) is 13.4. The quantitative estimate of drug-likeness (QED) is 0.617. The lowest BCUT2D eigenvalue weighted by atomic mass is 10.0. The van der Waals surface area contributed by atoms with E-state index in [-0.39, 0.29) is 10.8 Å². The molecule has 0 spiro atoms. The molecule has 1 saturated heterocycles. The van der Waals surface area contributed by atoms with Gasteiger partial charge in [-0.05, 0) is 61.6 Å². The van der Waals surface area contributed by atoms with E-state index in [0.717, 1.165) is 25.2 Å². The summed E-state index contributed by atoms with van der Waals surface area (Å²) in [5, 5.41) is 2.86. The van der Waals surface area contributed by atoms with Crippen LogP contribution in [0, 0.1) is 5.92 Å². The van der Waals surface area contributed by atoms with E-state index < -0.39 is 22.0 Å². The Labute approximate surface area is 201 Å². The summed E-state index contributed by atoms with van der Waals surface area (Å²) in [5.74, 6) is 0.240. The molecule has 2 N–H and O–H groups in total. The number of hydrogen-bond donors (Lipinski definition) is 2. The van der Waals surface area contributed by atoms with Gasteiger partial charge in [-0.15, -0.1) is 0 Å². The van der Waals surface area contributed by atoms with Crippen LogP contribution in [0.15, 0.2) is 47.4 Å². The molecule has 2 aromatic rings. The number of nitrogens with zero attached hydrogens (tertiary/aromatic N) is 1. The van der Waals surface area contributed by atoms with Crippen molar-refractivity contribution in [2.24, 2.45) is 5.92 Å². The van der Waals surface area contributed by atoms with Gasteiger partial charge in [-0.25, -0.2) is 8.42 Å². The molecule has 1 atom stereocenters. The molecule has 1 amide bonds. The average molecular weight is 488 g/mol. The fraction of sp³-hybridized carbons (Fsp3) is 0.480. The third-order valence-electron chi connectivity index (χ3n) is 6.12. The maximum absolute atomic E-state index is 13.1. The second-order valence-electron chi connectivity index (χ2n) is 9.09. The summed E-state index contributed by atoms with van der Waals surface area (Å²) < 4.78 is 40.0. The second kappa shape index (κ2) is 10.7. The van der Waals surface area contributed by atoms with Crippen LogP contribution < -0.4 is 24.4 Å². The highest BCUT2D eigenvalue weighted by atomic mass is 32.2. The fourth-order valence-electron chi connectivity index (χ4n) is 4.17. The van der Waals surface area contributed by atoms with Crippen LogP contribution in [-0.4, -0.2) is 46.7 Å². The van der Waals surface area contributed by atoms with Gasteiger partial charge in [0.1, 0.15) is 6.04 Å². The summed E-state index contributed by atoms with van der Waals surface area (Å²) in [4.78, 5) is 15.4. The third kappa shape index (κ3) is 5.82. The molecule has 8 nitrogen and oxygen atoms in total. The molecule has 0 saturated carbocycles. The van der Waals surface area contributed by atoms with Gasteiger partial charge in [0, 0.05) is 37.0 Å². The van der Waals surface area contributed by atoms with E-state index in [1.54, 1.807) is 19.9 Å². The molecule has 0 aromatic heterocycles. The molecule has 2 heterocycles. The van der Waals surface area contributed by atoms with Crippen molar-refractivity contribution in [1.82, 2.24) is 4.72 Å². The number of benzene rings is 2. The molecule has 0 aliphatic carbocycles. The summed E-state index contributed by atoms with van der Waals surface area (Å²) >= 11 is 0. The summed E-state index contributed by atoms with van der Waals surface area (Å²) in [6.45, 7) is 6.68. The average Bonchev–Trinajstić information content (AvgIpc) is 3.08. The molecule has 2 aliphatic heterocycles. The Balaban J connectivity index is 1.45. The van der Waals surface area contributed by atoms with Crippen molar-refractivity contribution in [1.29, 1.82) is 0 Å². The lowest BCUT2D eigenvalue weighted by Gasteiger charge is -2.29. The Morgan fingerprint density at radius 1 is 0.912 bits per heavy atom. The smallest absolute Gasteiger partial charge is 0.242 e. The van der Waals surface area contributed by atoms with Crippen LogP contribution >= 0.6 is 0 Å². The number of rotatable bonds is 7. The fourth-order valence-corrected chi connectivity index (χ4v) is 5.52. The maximum Gasteiger partial charge on any atom is 0.242 e. The highest BCUT2D eigenvalue weighted by molar-refractivity contribution is 7.89. The van der Waals surface area contributed by atoms with E-state index in [1.165, 1.54) is 31.4 Å². The van der Waals surface area contributed by atoms with Gasteiger partial charge in [0.15, 0.2) is 11.5 Å². The number of amides is 1.